The second-order valence-corrected chi connectivity index (χ2v) is 13.0. The highest BCUT2D eigenvalue weighted by molar-refractivity contribution is 5.81. The Balaban J connectivity index is 1.28. The zero-order valence-electron chi connectivity index (χ0n) is 29.0. The summed E-state index contributed by atoms with van der Waals surface area (Å²) in [5.41, 5.74) is 14.7. The lowest BCUT2D eigenvalue weighted by Crippen LogP contribution is -2.10. The molecule has 0 amide bonds. The molecule has 48 heavy (non-hydrogen) atoms. The first kappa shape index (κ1) is 32.8. The summed E-state index contributed by atoms with van der Waals surface area (Å²) in [7, 11) is 0. The first-order valence-corrected chi connectivity index (χ1v) is 17.6. The third kappa shape index (κ3) is 7.89. The third-order valence-electron chi connectivity index (χ3n) is 9.20. The molecular weight excluding hydrogens is 581 g/mol. The molecule has 0 radical (unpaired) electrons. The molecule has 0 bridgehead atoms. The minimum Gasteiger partial charge on any atom is -0.311 e. The number of anilines is 6. The Morgan fingerprint density at radius 2 is 0.583 bits per heavy atom. The summed E-state index contributed by atoms with van der Waals surface area (Å²) in [6, 6.07) is 53.7. The summed E-state index contributed by atoms with van der Waals surface area (Å²) >= 11 is 0. The summed E-state index contributed by atoms with van der Waals surface area (Å²) in [5, 5.41) is 0. The molecule has 0 saturated heterocycles. The molecule has 0 aliphatic rings. The highest BCUT2D eigenvalue weighted by Gasteiger charge is 2.15. The number of benzene rings is 6. The molecule has 6 rings (SSSR count). The molecule has 0 aromatic heterocycles. The molecule has 0 fully saturated rings. The van der Waals surface area contributed by atoms with Crippen LogP contribution in [0.5, 0.6) is 0 Å². The van der Waals surface area contributed by atoms with Crippen LogP contribution in [0.1, 0.15) is 61.8 Å². The molecule has 6 aromatic rings. The molecule has 0 aliphatic heterocycles. The van der Waals surface area contributed by atoms with E-state index >= 15 is 0 Å². The van der Waals surface area contributed by atoms with E-state index in [2.05, 4.69) is 183 Å². The Morgan fingerprint density at radius 1 is 0.333 bits per heavy atom. The normalized spacial score (nSPS) is 11.0. The summed E-state index contributed by atoms with van der Waals surface area (Å²) in [5.74, 6) is 0. The Bertz CT molecular complexity index is 1710. The first-order valence-electron chi connectivity index (χ1n) is 17.6. The maximum atomic E-state index is 2.35. The van der Waals surface area contributed by atoms with Gasteiger partial charge in [-0.1, -0.05) is 111 Å². The third-order valence-corrected chi connectivity index (χ3v) is 9.20. The van der Waals surface area contributed by atoms with Gasteiger partial charge in [0.2, 0.25) is 0 Å². The lowest BCUT2D eigenvalue weighted by atomic mass is 10.0. The quantitative estimate of drug-likeness (QED) is 0.126. The zero-order valence-corrected chi connectivity index (χ0v) is 29.0. The molecule has 242 valence electrons. The number of rotatable bonds is 13. The van der Waals surface area contributed by atoms with E-state index in [9.17, 15) is 0 Å². The van der Waals surface area contributed by atoms with Crippen molar-refractivity contribution in [3.05, 3.63) is 168 Å². The van der Waals surface area contributed by atoms with Crippen LogP contribution in [0.25, 0.3) is 11.1 Å². The van der Waals surface area contributed by atoms with Crippen molar-refractivity contribution in [2.75, 3.05) is 9.80 Å². The van der Waals surface area contributed by atoms with Gasteiger partial charge in [0.25, 0.3) is 0 Å². The lowest BCUT2D eigenvalue weighted by Gasteiger charge is -2.26. The standard InChI is InChI=1S/C46H48N2/c1-5-7-9-37-15-27-43(28-16-37)47(41-23-11-35(3)12-24-41)45-31-19-39(20-32-45)40-21-33-46(34-22-40)48(42-25-13-36(4)14-26-42)44-29-17-38(18-30-44)10-8-6-2/h11-34H,5-10H2,1-4H3. The van der Waals surface area contributed by atoms with Crippen molar-refractivity contribution >= 4 is 34.1 Å². The van der Waals surface area contributed by atoms with E-state index in [0.29, 0.717) is 0 Å². The van der Waals surface area contributed by atoms with Crippen LogP contribution >= 0.6 is 0 Å². The number of hydrogen-bond acceptors (Lipinski definition) is 2. The summed E-state index contributed by atoms with van der Waals surface area (Å²) in [6.45, 7) is 8.78. The van der Waals surface area contributed by atoms with E-state index in [4.69, 9.17) is 0 Å². The Kier molecular flexibility index (Phi) is 10.7. The molecule has 2 heteroatoms. The van der Waals surface area contributed by atoms with E-state index in [-0.39, 0.29) is 0 Å². The molecular formula is C46H48N2. The predicted octanol–water partition coefficient (Wildman–Crippen LogP) is 13.6. The summed E-state index contributed by atoms with van der Waals surface area (Å²) in [4.78, 5) is 4.70. The molecule has 0 unspecified atom stereocenters. The SMILES string of the molecule is CCCCc1ccc(N(c2ccc(C)cc2)c2ccc(-c3ccc(N(c4ccc(C)cc4)c4ccc(CCCC)cc4)cc3)cc2)cc1. The lowest BCUT2D eigenvalue weighted by molar-refractivity contribution is 0.795. The molecule has 2 nitrogen and oxygen atoms in total. The zero-order chi connectivity index (χ0) is 33.3. The Labute approximate surface area is 288 Å². The van der Waals surface area contributed by atoms with Gasteiger partial charge in [-0.25, -0.2) is 0 Å². The van der Waals surface area contributed by atoms with Crippen LogP contribution in [0.3, 0.4) is 0 Å². The highest BCUT2D eigenvalue weighted by atomic mass is 15.1. The van der Waals surface area contributed by atoms with Crippen LogP contribution in [0.15, 0.2) is 146 Å². The molecule has 0 heterocycles. The molecule has 0 atom stereocenters. The molecule has 6 aromatic carbocycles. The van der Waals surface area contributed by atoms with Crippen molar-refractivity contribution in [2.45, 2.75) is 66.2 Å². The number of unbranched alkanes of at least 4 members (excludes halogenated alkanes) is 2. The second-order valence-electron chi connectivity index (χ2n) is 13.0. The van der Waals surface area contributed by atoms with E-state index in [1.54, 1.807) is 0 Å². The van der Waals surface area contributed by atoms with Crippen LogP contribution in [0.2, 0.25) is 0 Å². The van der Waals surface area contributed by atoms with Crippen molar-refractivity contribution in [3.8, 4) is 11.1 Å². The van der Waals surface area contributed by atoms with Gasteiger partial charge < -0.3 is 9.80 Å². The van der Waals surface area contributed by atoms with Crippen molar-refractivity contribution in [1.29, 1.82) is 0 Å². The van der Waals surface area contributed by atoms with Gasteiger partial charge in [-0.3, -0.25) is 0 Å². The fourth-order valence-corrected chi connectivity index (χ4v) is 6.27. The van der Waals surface area contributed by atoms with Crippen LogP contribution in [0, 0.1) is 13.8 Å². The van der Waals surface area contributed by atoms with Crippen LogP contribution in [-0.2, 0) is 12.8 Å². The fourth-order valence-electron chi connectivity index (χ4n) is 6.27. The van der Waals surface area contributed by atoms with Crippen LogP contribution < -0.4 is 9.80 Å². The van der Waals surface area contributed by atoms with E-state index in [1.807, 2.05) is 0 Å². The minimum atomic E-state index is 1.13. The number of nitrogens with zero attached hydrogens (tertiary/aromatic N) is 2. The molecule has 0 aliphatic carbocycles. The van der Waals surface area contributed by atoms with E-state index < -0.39 is 0 Å². The first-order chi connectivity index (χ1) is 23.5. The van der Waals surface area contributed by atoms with Gasteiger partial charge in [0.05, 0.1) is 0 Å². The summed E-state index contributed by atoms with van der Waals surface area (Å²) < 4.78 is 0. The maximum absolute atomic E-state index is 2.35. The topological polar surface area (TPSA) is 6.48 Å². The van der Waals surface area contributed by atoms with Gasteiger partial charge in [-0.2, -0.15) is 0 Å². The average molecular weight is 629 g/mol. The molecule has 0 saturated carbocycles. The fraction of sp³-hybridized carbons (Fsp3) is 0.217. The Morgan fingerprint density at radius 3 is 0.854 bits per heavy atom. The average Bonchev–Trinajstić information content (AvgIpc) is 3.13. The van der Waals surface area contributed by atoms with Gasteiger partial charge in [0.15, 0.2) is 0 Å². The van der Waals surface area contributed by atoms with Crippen molar-refractivity contribution in [1.82, 2.24) is 0 Å². The van der Waals surface area contributed by atoms with Crippen molar-refractivity contribution in [3.63, 3.8) is 0 Å². The smallest absolute Gasteiger partial charge is 0.0462 e. The molecule has 0 spiro atoms. The highest BCUT2D eigenvalue weighted by Crippen LogP contribution is 2.38. The monoisotopic (exact) mass is 628 g/mol. The van der Waals surface area contributed by atoms with Crippen LogP contribution in [0.4, 0.5) is 34.1 Å². The minimum absolute atomic E-state index is 1.13. The van der Waals surface area contributed by atoms with Crippen LogP contribution in [-0.4, -0.2) is 0 Å². The maximum Gasteiger partial charge on any atom is 0.0462 e. The number of aryl methyl sites for hydroxylation is 4. The van der Waals surface area contributed by atoms with Gasteiger partial charge in [0.1, 0.15) is 0 Å². The van der Waals surface area contributed by atoms with Crippen molar-refractivity contribution < 1.29 is 0 Å². The second kappa shape index (κ2) is 15.7. The predicted molar refractivity (Wildman–Crippen MR) is 208 cm³/mol. The summed E-state index contributed by atoms with van der Waals surface area (Å²) in [6.07, 6.45) is 7.12. The van der Waals surface area contributed by atoms with Gasteiger partial charge in [-0.15, -0.1) is 0 Å². The molecule has 0 N–H and O–H groups in total. The van der Waals surface area contributed by atoms with Crippen molar-refractivity contribution in [2.24, 2.45) is 0 Å². The van der Waals surface area contributed by atoms with Gasteiger partial charge >= 0.3 is 0 Å². The van der Waals surface area contributed by atoms with Gasteiger partial charge in [0, 0.05) is 34.1 Å². The van der Waals surface area contributed by atoms with E-state index in [0.717, 1.165) is 35.6 Å². The largest absolute Gasteiger partial charge is 0.311 e. The number of hydrogen-bond donors (Lipinski definition) is 0. The van der Waals surface area contributed by atoms with Gasteiger partial charge in [-0.05, 0) is 135 Å². The Hall–Kier alpha value is -5.08. The van der Waals surface area contributed by atoms with E-state index in [1.165, 1.54) is 70.4 Å².